The highest BCUT2D eigenvalue weighted by molar-refractivity contribution is 5.79. The minimum Gasteiger partial charge on any atom is -0.461 e. The summed E-state index contributed by atoms with van der Waals surface area (Å²) < 4.78 is 11.2. The van der Waals surface area contributed by atoms with Gasteiger partial charge in [0.25, 0.3) is 0 Å². The molecule has 0 N–H and O–H groups in total. The smallest absolute Gasteiger partial charge is 0.314 e. The molecule has 0 amide bonds. The summed E-state index contributed by atoms with van der Waals surface area (Å²) in [5, 5.41) is 0. The van der Waals surface area contributed by atoms with Gasteiger partial charge in [0.05, 0.1) is 12.5 Å². The molecule has 2 saturated heterocycles. The van der Waals surface area contributed by atoms with Gasteiger partial charge in [-0.3, -0.25) is 4.79 Å². The van der Waals surface area contributed by atoms with Crippen LogP contribution in [0, 0.1) is 17.3 Å². The Balaban J connectivity index is 1.93. The average molecular weight is 236 g/mol. The number of hydrogen-bond acceptors (Lipinski definition) is 3. The van der Waals surface area contributed by atoms with Crippen LogP contribution in [0.4, 0.5) is 0 Å². The maximum absolute atomic E-state index is 12.1. The van der Waals surface area contributed by atoms with E-state index in [2.05, 4.69) is 19.9 Å². The SMILES string of the molecule is CC1=CCC[C@]2(C)[C@H]1C(=O)O[C@H]2[C@H]1CCOC1. The molecule has 2 aliphatic heterocycles. The molecule has 3 nitrogen and oxygen atoms in total. The first-order chi connectivity index (χ1) is 8.13. The third kappa shape index (κ3) is 1.55. The van der Waals surface area contributed by atoms with Gasteiger partial charge in [0.1, 0.15) is 6.10 Å². The van der Waals surface area contributed by atoms with Gasteiger partial charge in [-0.25, -0.2) is 0 Å². The Morgan fingerprint density at radius 1 is 1.47 bits per heavy atom. The van der Waals surface area contributed by atoms with Crippen LogP contribution >= 0.6 is 0 Å². The van der Waals surface area contributed by atoms with Crippen molar-refractivity contribution in [3.63, 3.8) is 0 Å². The van der Waals surface area contributed by atoms with Gasteiger partial charge in [-0.15, -0.1) is 0 Å². The van der Waals surface area contributed by atoms with E-state index in [4.69, 9.17) is 9.47 Å². The number of hydrogen-bond donors (Lipinski definition) is 0. The van der Waals surface area contributed by atoms with Crippen molar-refractivity contribution in [3.05, 3.63) is 11.6 Å². The Morgan fingerprint density at radius 2 is 2.29 bits per heavy atom. The van der Waals surface area contributed by atoms with E-state index in [0.29, 0.717) is 5.92 Å². The average Bonchev–Trinajstić information content (AvgIpc) is 2.85. The van der Waals surface area contributed by atoms with Gasteiger partial charge >= 0.3 is 5.97 Å². The largest absolute Gasteiger partial charge is 0.461 e. The number of rotatable bonds is 1. The number of fused-ring (bicyclic) bond motifs is 1. The zero-order valence-corrected chi connectivity index (χ0v) is 10.6. The quantitative estimate of drug-likeness (QED) is 0.517. The molecule has 0 aromatic rings. The van der Waals surface area contributed by atoms with E-state index < -0.39 is 0 Å². The van der Waals surface area contributed by atoms with E-state index in [1.54, 1.807) is 0 Å². The molecule has 0 saturated carbocycles. The van der Waals surface area contributed by atoms with Crippen molar-refractivity contribution in [2.24, 2.45) is 17.3 Å². The van der Waals surface area contributed by atoms with Crippen LogP contribution in [0.25, 0.3) is 0 Å². The van der Waals surface area contributed by atoms with Gasteiger partial charge in [-0.05, 0) is 26.2 Å². The summed E-state index contributed by atoms with van der Waals surface area (Å²) in [6, 6.07) is 0. The normalized spacial score (nSPS) is 45.4. The zero-order valence-electron chi connectivity index (χ0n) is 10.6. The first kappa shape index (κ1) is 11.3. The molecule has 3 rings (SSSR count). The van der Waals surface area contributed by atoms with Gasteiger partial charge in [0.2, 0.25) is 0 Å². The molecule has 0 aromatic carbocycles. The van der Waals surface area contributed by atoms with E-state index in [1.807, 2.05) is 0 Å². The number of allylic oxidation sites excluding steroid dienone is 1. The molecule has 3 heteroatoms. The van der Waals surface area contributed by atoms with E-state index in [0.717, 1.165) is 32.5 Å². The predicted molar refractivity (Wildman–Crippen MR) is 63.4 cm³/mol. The van der Waals surface area contributed by atoms with Crippen molar-refractivity contribution in [1.82, 2.24) is 0 Å². The summed E-state index contributed by atoms with van der Waals surface area (Å²) >= 11 is 0. The van der Waals surface area contributed by atoms with Crippen molar-refractivity contribution >= 4 is 5.97 Å². The minimum absolute atomic E-state index is 0.00567. The van der Waals surface area contributed by atoms with Crippen molar-refractivity contribution in [2.75, 3.05) is 13.2 Å². The topological polar surface area (TPSA) is 35.5 Å². The van der Waals surface area contributed by atoms with E-state index in [1.165, 1.54) is 5.57 Å². The summed E-state index contributed by atoms with van der Waals surface area (Å²) in [6.45, 7) is 5.86. The Morgan fingerprint density at radius 3 is 3.00 bits per heavy atom. The molecule has 4 atom stereocenters. The molecule has 0 unspecified atom stereocenters. The van der Waals surface area contributed by atoms with Crippen molar-refractivity contribution in [2.45, 2.75) is 39.2 Å². The number of esters is 1. The lowest BCUT2D eigenvalue weighted by Crippen LogP contribution is -2.40. The van der Waals surface area contributed by atoms with Crippen LogP contribution in [-0.4, -0.2) is 25.3 Å². The fraction of sp³-hybridized carbons (Fsp3) is 0.786. The van der Waals surface area contributed by atoms with Gasteiger partial charge in [0, 0.05) is 17.9 Å². The Bertz CT molecular complexity index is 368. The summed E-state index contributed by atoms with van der Waals surface area (Å²) in [7, 11) is 0. The van der Waals surface area contributed by atoms with Crippen molar-refractivity contribution in [3.8, 4) is 0 Å². The van der Waals surface area contributed by atoms with Crippen molar-refractivity contribution < 1.29 is 14.3 Å². The van der Waals surface area contributed by atoms with Crippen LogP contribution in [0.2, 0.25) is 0 Å². The second-order valence-electron chi connectivity index (χ2n) is 5.91. The lowest BCUT2D eigenvalue weighted by molar-refractivity contribution is -0.145. The monoisotopic (exact) mass is 236 g/mol. The molecule has 17 heavy (non-hydrogen) atoms. The summed E-state index contributed by atoms with van der Waals surface area (Å²) in [5.41, 5.74) is 1.19. The van der Waals surface area contributed by atoms with E-state index in [-0.39, 0.29) is 23.4 Å². The Labute approximate surface area is 102 Å². The third-order valence-corrected chi connectivity index (χ3v) is 4.79. The molecular formula is C14H20O3. The lowest BCUT2D eigenvalue weighted by Gasteiger charge is -2.38. The molecule has 0 aromatic heterocycles. The maximum atomic E-state index is 12.1. The molecule has 1 aliphatic carbocycles. The fourth-order valence-corrected chi connectivity index (χ4v) is 3.91. The first-order valence-corrected chi connectivity index (χ1v) is 6.58. The number of carbonyl (C=O) groups is 1. The van der Waals surface area contributed by atoms with Crippen LogP contribution < -0.4 is 0 Å². The minimum atomic E-state index is -0.0159. The van der Waals surface area contributed by atoms with Crippen LogP contribution in [0.5, 0.6) is 0 Å². The molecule has 2 heterocycles. The van der Waals surface area contributed by atoms with E-state index >= 15 is 0 Å². The fourth-order valence-electron chi connectivity index (χ4n) is 3.91. The van der Waals surface area contributed by atoms with Crippen LogP contribution in [-0.2, 0) is 14.3 Å². The Hall–Kier alpha value is -0.830. The zero-order chi connectivity index (χ0) is 12.0. The summed E-state index contributed by atoms with van der Waals surface area (Å²) in [5.74, 6) is 0.375. The highest BCUT2D eigenvalue weighted by atomic mass is 16.6. The third-order valence-electron chi connectivity index (χ3n) is 4.79. The second kappa shape index (κ2) is 3.84. The van der Waals surface area contributed by atoms with Gasteiger partial charge in [0.15, 0.2) is 0 Å². The van der Waals surface area contributed by atoms with Gasteiger partial charge in [-0.1, -0.05) is 18.6 Å². The summed E-state index contributed by atoms with van der Waals surface area (Å²) in [4.78, 5) is 12.1. The highest BCUT2D eigenvalue weighted by Crippen LogP contribution is 2.53. The molecule has 2 fully saturated rings. The second-order valence-corrected chi connectivity index (χ2v) is 5.91. The summed E-state index contributed by atoms with van der Waals surface area (Å²) in [6.07, 6.45) is 5.41. The van der Waals surface area contributed by atoms with Gasteiger partial charge < -0.3 is 9.47 Å². The van der Waals surface area contributed by atoms with Crippen molar-refractivity contribution in [1.29, 1.82) is 0 Å². The van der Waals surface area contributed by atoms with Gasteiger partial charge in [-0.2, -0.15) is 0 Å². The van der Waals surface area contributed by atoms with Crippen LogP contribution in [0.1, 0.15) is 33.1 Å². The molecule has 94 valence electrons. The number of ether oxygens (including phenoxy) is 2. The molecule has 0 bridgehead atoms. The maximum Gasteiger partial charge on any atom is 0.314 e. The Kier molecular flexibility index (Phi) is 2.54. The lowest BCUT2D eigenvalue weighted by atomic mass is 9.63. The standard InChI is InChI=1S/C14H20O3/c1-9-4-3-6-14(2)11(9)13(15)17-12(14)10-5-7-16-8-10/h4,10-12H,3,5-8H2,1-2H3/t10-,11+,12-,14+/m0/s1. The molecule has 0 radical (unpaired) electrons. The molecule has 3 aliphatic rings. The molecular weight excluding hydrogens is 216 g/mol. The predicted octanol–water partition coefficient (Wildman–Crippen LogP) is 2.31. The number of cyclic esters (lactones) is 1. The van der Waals surface area contributed by atoms with Crippen LogP contribution in [0.3, 0.4) is 0 Å². The number of carbonyl (C=O) groups excluding carboxylic acids is 1. The van der Waals surface area contributed by atoms with E-state index in [9.17, 15) is 4.79 Å². The first-order valence-electron chi connectivity index (χ1n) is 6.58. The highest BCUT2D eigenvalue weighted by Gasteiger charge is 2.57. The van der Waals surface area contributed by atoms with Crippen LogP contribution in [0.15, 0.2) is 11.6 Å². The molecule has 0 spiro atoms.